The van der Waals surface area contributed by atoms with Crippen molar-refractivity contribution in [3.63, 3.8) is 0 Å². The van der Waals surface area contributed by atoms with Crippen molar-refractivity contribution < 1.29 is 13.5 Å². The standard InChI is InChI=1S/C5H5ClF2N2O2/c1-10-4(12-5(7)8)2(6)3(11)9-10/h5H,1H3,(H,9,11). The van der Waals surface area contributed by atoms with Gasteiger partial charge in [0.05, 0.1) is 0 Å². The average molecular weight is 199 g/mol. The summed E-state index contributed by atoms with van der Waals surface area (Å²) in [5.41, 5.74) is -0.658. The van der Waals surface area contributed by atoms with E-state index >= 15 is 0 Å². The zero-order valence-electron chi connectivity index (χ0n) is 5.97. The third-order valence-corrected chi connectivity index (χ3v) is 1.50. The van der Waals surface area contributed by atoms with E-state index in [9.17, 15) is 13.6 Å². The van der Waals surface area contributed by atoms with Crippen LogP contribution in [0.25, 0.3) is 0 Å². The molecule has 1 aromatic rings. The highest BCUT2D eigenvalue weighted by Crippen LogP contribution is 2.20. The van der Waals surface area contributed by atoms with Gasteiger partial charge in [-0.05, 0) is 0 Å². The largest absolute Gasteiger partial charge is 0.415 e. The summed E-state index contributed by atoms with van der Waals surface area (Å²) < 4.78 is 28.3. The van der Waals surface area contributed by atoms with Crippen molar-refractivity contribution in [1.29, 1.82) is 0 Å². The molecule has 1 N–H and O–H groups in total. The maximum Gasteiger partial charge on any atom is 0.388 e. The van der Waals surface area contributed by atoms with E-state index in [1.807, 2.05) is 0 Å². The molecule has 0 unspecified atom stereocenters. The Morgan fingerprint density at radius 1 is 1.67 bits per heavy atom. The van der Waals surface area contributed by atoms with Gasteiger partial charge in [-0.25, -0.2) is 0 Å². The van der Waals surface area contributed by atoms with E-state index in [-0.39, 0.29) is 10.9 Å². The molecule has 0 aliphatic carbocycles. The Kier molecular flexibility index (Phi) is 2.37. The summed E-state index contributed by atoms with van der Waals surface area (Å²) in [4.78, 5) is 10.7. The van der Waals surface area contributed by atoms with Gasteiger partial charge in [-0.2, -0.15) is 8.78 Å². The van der Waals surface area contributed by atoms with Crippen LogP contribution in [0.3, 0.4) is 0 Å². The Balaban J connectivity index is 3.05. The van der Waals surface area contributed by atoms with Gasteiger partial charge >= 0.3 is 6.61 Å². The summed E-state index contributed by atoms with van der Waals surface area (Å²) in [6, 6.07) is 0. The minimum atomic E-state index is -3.00. The highest BCUT2D eigenvalue weighted by atomic mass is 35.5. The van der Waals surface area contributed by atoms with Gasteiger partial charge < -0.3 is 4.74 Å². The Labute approximate surface area is 70.7 Å². The maximum absolute atomic E-state index is 11.7. The van der Waals surface area contributed by atoms with Crippen LogP contribution in [-0.2, 0) is 7.05 Å². The summed E-state index contributed by atoms with van der Waals surface area (Å²) >= 11 is 5.34. The van der Waals surface area contributed by atoms with E-state index < -0.39 is 12.2 Å². The molecule has 0 atom stereocenters. The lowest BCUT2D eigenvalue weighted by Gasteiger charge is -2.03. The predicted octanol–water partition coefficient (Wildman–Crippen LogP) is 0.968. The van der Waals surface area contributed by atoms with Gasteiger partial charge in [-0.3, -0.25) is 14.6 Å². The fraction of sp³-hybridized carbons (Fsp3) is 0.400. The lowest BCUT2D eigenvalue weighted by atomic mass is 10.7. The number of aromatic amines is 1. The number of hydrogen-bond acceptors (Lipinski definition) is 2. The molecule has 1 heterocycles. The van der Waals surface area contributed by atoms with Crippen LogP contribution in [0, 0.1) is 0 Å². The smallest absolute Gasteiger partial charge is 0.388 e. The molecule has 1 aromatic heterocycles. The summed E-state index contributed by atoms with van der Waals surface area (Å²) in [5.74, 6) is -0.364. The predicted molar refractivity (Wildman–Crippen MR) is 37.7 cm³/mol. The minimum Gasteiger partial charge on any atom is -0.415 e. The second-order valence-corrected chi connectivity index (χ2v) is 2.38. The van der Waals surface area contributed by atoms with Crippen LogP contribution in [0.15, 0.2) is 4.79 Å². The number of H-pyrrole nitrogens is 1. The van der Waals surface area contributed by atoms with E-state index in [1.54, 1.807) is 0 Å². The number of aromatic nitrogens is 2. The molecular formula is C5H5ClF2N2O2. The topological polar surface area (TPSA) is 47.0 Å². The fourth-order valence-corrected chi connectivity index (χ4v) is 0.925. The van der Waals surface area contributed by atoms with Crippen LogP contribution in [0.2, 0.25) is 5.02 Å². The first kappa shape index (κ1) is 9.05. The Morgan fingerprint density at radius 3 is 2.58 bits per heavy atom. The molecule has 0 saturated carbocycles. The highest BCUT2D eigenvalue weighted by Gasteiger charge is 2.15. The van der Waals surface area contributed by atoms with Crippen LogP contribution in [0.1, 0.15) is 0 Å². The Morgan fingerprint density at radius 2 is 2.25 bits per heavy atom. The van der Waals surface area contributed by atoms with Gasteiger partial charge in [-0.15, -0.1) is 0 Å². The number of ether oxygens (including phenoxy) is 1. The number of hydrogen-bond donors (Lipinski definition) is 1. The molecule has 0 spiro atoms. The maximum atomic E-state index is 11.7. The van der Waals surface area contributed by atoms with Gasteiger partial charge in [0.2, 0.25) is 5.88 Å². The summed E-state index contributed by atoms with van der Waals surface area (Å²) in [6.45, 7) is -3.00. The number of aryl methyl sites for hydroxylation is 1. The third-order valence-electron chi connectivity index (χ3n) is 1.16. The van der Waals surface area contributed by atoms with Crippen molar-refractivity contribution in [3.05, 3.63) is 15.4 Å². The molecule has 0 aliphatic rings. The van der Waals surface area contributed by atoms with Crippen LogP contribution in [0.4, 0.5) is 8.78 Å². The van der Waals surface area contributed by atoms with Crippen molar-refractivity contribution in [2.75, 3.05) is 0 Å². The average Bonchev–Trinajstić information content (AvgIpc) is 2.16. The van der Waals surface area contributed by atoms with Gasteiger partial charge in [0.1, 0.15) is 0 Å². The summed E-state index contributed by atoms with van der Waals surface area (Å²) in [6.07, 6.45) is 0. The quantitative estimate of drug-likeness (QED) is 0.770. The fourth-order valence-electron chi connectivity index (χ4n) is 0.712. The molecule has 12 heavy (non-hydrogen) atoms. The minimum absolute atomic E-state index is 0.364. The van der Waals surface area contributed by atoms with Crippen LogP contribution in [0.5, 0.6) is 5.88 Å². The first-order valence-corrected chi connectivity index (χ1v) is 3.29. The van der Waals surface area contributed by atoms with E-state index in [1.165, 1.54) is 7.05 Å². The Hall–Kier alpha value is -1.04. The van der Waals surface area contributed by atoms with Gasteiger partial charge in [0, 0.05) is 7.05 Å². The number of alkyl halides is 2. The molecule has 0 saturated heterocycles. The molecule has 0 fully saturated rings. The molecule has 4 nitrogen and oxygen atoms in total. The molecule has 0 bridgehead atoms. The van der Waals surface area contributed by atoms with E-state index in [4.69, 9.17) is 11.6 Å². The third kappa shape index (κ3) is 1.58. The second-order valence-electron chi connectivity index (χ2n) is 2.00. The van der Waals surface area contributed by atoms with Gasteiger partial charge in [-0.1, -0.05) is 11.6 Å². The van der Waals surface area contributed by atoms with Crippen molar-refractivity contribution in [1.82, 2.24) is 9.78 Å². The van der Waals surface area contributed by atoms with Crippen LogP contribution < -0.4 is 10.3 Å². The zero-order valence-corrected chi connectivity index (χ0v) is 6.73. The first-order valence-electron chi connectivity index (χ1n) is 2.91. The van der Waals surface area contributed by atoms with Crippen LogP contribution in [-0.4, -0.2) is 16.4 Å². The normalized spacial score (nSPS) is 10.8. The van der Waals surface area contributed by atoms with Crippen molar-refractivity contribution >= 4 is 11.6 Å². The van der Waals surface area contributed by atoms with Crippen LogP contribution >= 0.6 is 11.6 Å². The van der Waals surface area contributed by atoms with Crippen molar-refractivity contribution in [3.8, 4) is 5.88 Å². The molecule has 0 aromatic carbocycles. The van der Waals surface area contributed by atoms with Crippen molar-refractivity contribution in [2.45, 2.75) is 6.61 Å². The van der Waals surface area contributed by atoms with Gasteiger partial charge in [0.25, 0.3) is 5.56 Å². The van der Waals surface area contributed by atoms with Crippen molar-refractivity contribution in [2.24, 2.45) is 7.05 Å². The molecule has 7 heteroatoms. The highest BCUT2D eigenvalue weighted by molar-refractivity contribution is 6.31. The first-order chi connectivity index (χ1) is 5.52. The lowest BCUT2D eigenvalue weighted by Crippen LogP contribution is -2.06. The number of nitrogens with zero attached hydrogens (tertiary/aromatic N) is 1. The molecule has 1 rings (SSSR count). The monoisotopic (exact) mass is 198 g/mol. The van der Waals surface area contributed by atoms with E-state index in [2.05, 4.69) is 9.84 Å². The molecule has 0 aliphatic heterocycles. The number of nitrogens with one attached hydrogen (secondary N) is 1. The summed E-state index contributed by atoms with van der Waals surface area (Å²) in [7, 11) is 1.34. The second kappa shape index (κ2) is 3.14. The number of rotatable bonds is 2. The molecule has 68 valence electrons. The van der Waals surface area contributed by atoms with E-state index in [0.717, 1.165) is 4.68 Å². The number of halogens is 3. The SMILES string of the molecule is Cn1[nH]c(=O)c(Cl)c1OC(F)F. The zero-order chi connectivity index (χ0) is 9.30. The molecule has 0 radical (unpaired) electrons. The van der Waals surface area contributed by atoms with E-state index in [0.29, 0.717) is 0 Å². The summed E-state index contributed by atoms with van der Waals surface area (Å²) in [5, 5.41) is 1.77. The Bertz CT molecular complexity index is 333. The lowest BCUT2D eigenvalue weighted by molar-refractivity contribution is -0.0552. The molecular weight excluding hydrogens is 194 g/mol. The van der Waals surface area contributed by atoms with Gasteiger partial charge in [0.15, 0.2) is 5.02 Å². The molecule has 0 amide bonds.